The zero-order chi connectivity index (χ0) is 17.7. The number of phenolic OH excluding ortho intramolecular Hbond substituents is 1. The summed E-state index contributed by atoms with van der Waals surface area (Å²) in [4.78, 5) is 11.8. The fraction of sp³-hybridized carbons (Fsp3) is 0.176. The molecular weight excluding hydrogens is 438 g/mol. The summed E-state index contributed by atoms with van der Waals surface area (Å²) in [6.45, 7) is 3.98. The van der Waals surface area contributed by atoms with E-state index in [1.165, 1.54) is 6.21 Å². The number of hydrogen-bond acceptors (Lipinski definition) is 4. The first-order valence-electron chi connectivity index (χ1n) is 7.18. The van der Waals surface area contributed by atoms with E-state index in [1.54, 1.807) is 6.07 Å². The van der Waals surface area contributed by atoms with Gasteiger partial charge in [0.25, 0.3) is 5.91 Å². The van der Waals surface area contributed by atoms with E-state index in [0.29, 0.717) is 10.0 Å². The lowest BCUT2D eigenvalue weighted by molar-refractivity contribution is -0.119. The standard InChI is InChI=1S/C17H17Br2N3O2/c1-10-3-5-13(6-4-10)20-9-15(23)22-21-8-12-7-14(18)11(2)16(19)17(12)24/h3-8,20,24H,9H2,1-2H3,(H,22,23)/b21-8-. The number of benzene rings is 2. The van der Waals surface area contributed by atoms with Gasteiger partial charge in [-0.1, -0.05) is 33.6 Å². The second-order valence-corrected chi connectivity index (χ2v) is 6.90. The van der Waals surface area contributed by atoms with Crippen molar-refractivity contribution in [3.05, 3.63) is 56.0 Å². The van der Waals surface area contributed by atoms with Crippen LogP contribution in [0.25, 0.3) is 0 Å². The van der Waals surface area contributed by atoms with E-state index < -0.39 is 0 Å². The average Bonchev–Trinajstić information content (AvgIpc) is 2.57. The van der Waals surface area contributed by atoms with E-state index in [0.717, 1.165) is 21.3 Å². The smallest absolute Gasteiger partial charge is 0.259 e. The van der Waals surface area contributed by atoms with Crippen molar-refractivity contribution >= 4 is 49.7 Å². The first kappa shape index (κ1) is 18.5. The van der Waals surface area contributed by atoms with Crippen molar-refractivity contribution in [3.63, 3.8) is 0 Å². The van der Waals surface area contributed by atoms with Gasteiger partial charge < -0.3 is 10.4 Å². The highest BCUT2D eigenvalue weighted by Gasteiger charge is 2.10. The van der Waals surface area contributed by atoms with E-state index in [4.69, 9.17) is 0 Å². The third-order valence-electron chi connectivity index (χ3n) is 3.35. The molecule has 1 amide bonds. The van der Waals surface area contributed by atoms with Crippen LogP contribution in [0.5, 0.6) is 5.75 Å². The molecule has 0 radical (unpaired) electrons. The monoisotopic (exact) mass is 453 g/mol. The summed E-state index contributed by atoms with van der Waals surface area (Å²) < 4.78 is 1.42. The van der Waals surface area contributed by atoms with Gasteiger partial charge in [-0.25, -0.2) is 5.43 Å². The van der Waals surface area contributed by atoms with Gasteiger partial charge in [-0.3, -0.25) is 4.79 Å². The molecule has 24 heavy (non-hydrogen) atoms. The molecule has 0 aliphatic rings. The number of hydrogen-bond donors (Lipinski definition) is 3. The van der Waals surface area contributed by atoms with Gasteiger partial charge >= 0.3 is 0 Å². The van der Waals surface area contributed by atoms with Gasteiger partial charge in [0.05, 0.1) is 17.2 Å². The van der Waals surface area contributed by atoms with Crippen LogP contribution in [0.3, 0.4) is 0 Å². The molecular formula is C17H17Br2N3O2. The molecule has 0 saturated heterocycles. The molecule has 0 bridgehead atoms. The largest absolute Gasteiger partial charge is 0.506 e. The highest BCUT2D eigenvalue weighted by molar-refractivity contribution is 9.11. The van der Waals surface area contributed by atoms with Crippen molar-refractivity contribution in [2.45, 2.75) is 13.8 Å². The Morgan fingerprint density at radius 2 is 1.92 bits per heavy atom. The SMILES string of the molecule is Cc1ccc(NCC(=O)N/N=C\c2cc(Br)c(C)c(Br)c2O)cc1. The van der Waals surface area contributed by atoms with Crippen LogP contribution >= 0.6 is 31.9 Å². The highest BCUT2D eigenvalue weighted by atomic mass is 79.9. The fourth-order valence-corrected chi connectivity index (χ4v) is 3.04. The van der Waals surface area contributed by atoms with Crippen LogP contribution in [-0.2, 0) is 4.79 Å². The molecule has 126 valence electrons. The van der Waals surface area contributed by atoms with E-state index >= 15 is 0 Å². The van der Waals surface area contributed by atoms with E-state index in [2.05, 4.69) is 47.7 Å². The second kappa shape index (κ2) is 8.30. The van der Waals surface area contributed by atoms with Gasteiger partial charge in [0.1, 0.15) is 5.75 Å². The summed E-state index contributed by atoms with van der Waals surface area (Å²) in [5.74, 6) is -0.206. The lowest BCUT2D eigenvalue weighted by atomic mass is 10.1. The summed E-state index contributed by atoms with van der Waals surface area (Å²) in [6.07, 6.45) is 1.40. The number of nitrogens with one attached hydrogen (secondary N) is 2. The Bertz CT molecular complexity index is 774. The van der Waals surface area contributed by atoms with E-state index in [9.17, 15) is 9.90 Å². The minimum atomic E-state index is -0.281. The van der Waals surface area contributed by atoms with Crippen LogP contribution in [0.4, 0.5) is 5.69 Å². The van der Waals surface area contributed by atoms with Crippen LogP contribution < -0.4 is 10.7 Å². The van der Waals surface area contributed by atoms with Crippen molar-refractivity contribution in [3.8, 4) is 5.75 Å². The summed E-state index contributed by atoms with van der Waals surface area (Å²) in [6, 6.07) is 9.48. The molecule has 7 heteroatoms. The third-order valence-corrected chi connectivity index (χ3v) is 5.14. The molecule has 0 saturated carbocycles. The predicted octanol–water partition coefficient (Wildman–Crippen LogP) is 4.10. The molecule has 0 spiro atoms. The van der Waals surface area contributed by atoms with Crippen molar-refractivity contribution in [2.24, 2.45) is 5.10 Å². The Kier molecular flexibility index (Phi) is 6.39. The fourth-order valence-electron chi connectivity index (χ4n) is 1.89. The molecule has 0 atom stereocenters. The number of carbonyl (C=O) groups is 1. The van der Waals surface area contributed by atoms with Crippen molar-refractivity contribution < 1.29 is 9.90 Å². The zero-order valence-corrected chi connectivity index (χ0v) is 16.4. The summed E-state index contributed by atoms with van der Waals surface area (Å²) in [5, 5.41) is 16.9. The number of rotatable bonds is 5. The number of hydrazone groups is 1. The quantitative estimate of drug-likeness (QED) is 0.470. The lowest BCUT2D eigenvalue weighted by Crippen LogP contribution is -2.25. The third kappa shape index (κ3) is 4.82. The summed E-state index contributed by atoms with van der Waals surface area (Å²) in [5.41, 5.74) is 5.82. The maximum Gasteiger partial charge on any atom is 0.259 e. The first-order valence-corrected chi connectivity index (χ1v) is 8.77. The molecule has 0 aromatic heterocycles. The number of aryl methyl sites for hydroxylation is 1. The molecule has 0 heterocycles. The van der Waals surface area contributed by atoms with Gasteiger partial charge in [0.2, 0.25) is 0 Å². The molecule has 0 aliphatic heterocycles. The maximum atomic E-state index is 11.8. The lowest BCUT2D eigenvalue weighted by Gasteiger charge is -2.08. The Morgan fingerprint density at radius 3 is 2.58 bits per heavy atom. The average molecular weight is 455 g/mol. The van der Waals surface area contributed by atoms with E-state index in [1.807, 2.05) is 38.1 Å². The van der Waals surface area contributed by atoms with Crippen LogP contribution in [-0.4, -0.2) is 23.8 Å². The minimum absolute atomic E-state index is 0.0754. The van der Waals surface area contributed by atoms with Gasteiger partial charge in [-0.2, -0.15) is 5.10 Å². The number of halogens is 2. The molecule has 2 rings (SSSR count). The second-order valence-electron chi connectivity index (χ2n) is 5.25. The van der Waals surface area contributed by atoms with E-state index in [-0.39, 0.29) is 18.2 Å². The van der Waals surface area contributed by atoms with Gasteiger partial charge in [-0.05, 0) is 53.5 Å². The topological polar surface area (TPSA) is 73.7 Å². The molecule has 0 aliphatic carbocycles. The molecule has 5 nitrogen and oxygen atoms in total. The molecule has 0 unspecified atom stereocenters. The Labute approximate surface area is 157 Å². The van der Waals surface area contributed by atoms with Crippen LogP contribution in [0.15, 0.2) is 44.4 Å². The molecule has 2 aromatic carbocycles. The Morgan fingerprint density at radius 1 is 1.25 bits per heavy atom. The van der Waals surface area contributed by atoms with Gasteiger partial charge in [0, 0.05) is 15.7 Å². The van der Waals surface area contributed by atoms with Crippen LogP contribution in [0.1, 0.15) is 16.7 Å². The maximum absolute atomic E-state index is 11.8. The molecule has 2 aromatic rings. The Balaban J connectivity index is 1.92. The summed E-state index contributed by atoms with van der Waals surface area (Å²) >= 11 is 6.73. The molecule has 3 N–H and O–H groups in total. The van der Waals surface area contributed by atoms with Crippen LogP contribution in [0.2, 0.25) is 0 Å². The first-order chi connectivity index (χ1) is 11.4. The number of carbonyl (C=O) groups excluding carboxylic acids is 1. The minimum Gasteiger partial charge on any atom is -0.506 e. The number of aromatic hydroxyl groups is 1. The number of anilines is 1. The van der Waals surface area contributed by atoms with Crippen molar-refractivity contribution in [2.75, 3.05) is 11.9 Å². The number of phenols is 1. The highest BCUT2D eigenvalue weighted by Crippen LogP contribution is 2.35. The van der Waals surface area contributed by atoms with Crippen LogP contribution in [0, 0.1) is 13.8 Å². The Hall–Kier alpha value is -1.86. The van der Waals surface area contributed by atoms with Gasteiger partial charge in [0.15, 0.2) is 0 Å². The zero-order valence-electron chi connectivity index (χ0n) is 13.2. The van der Waals surface area contributed by atoms with Crippen molar-refractivity contribution in [1.82, 2.24) is 5.43 Å². The van der Waals surface area contributed by atoms with Crippen molar-refractivity contribution in [1.29, 1.82) is 0 Å². The molecule has 0 fully saturated rings. The van der Waals surface area contributed by atoms with Gasteiger partial charge in [-0.15, -0.1) is 0 Å². The number of amides is 1. The summed E-state index contributed by atoms with van der Waals surface area (Å²) in [7, 11) is 0. The number of nitrogens with zero attached hydrogens (tertiary/aromatic N) is 1. The normalized spacial score (nSPS) is 10.8. The predicted molar refractivity (Wildman–Crippen MR) is 104 cm³/mol.